The maximum atomic E-state index is 12.3. The number of carbonyl (C=O) groups is 1. The molecule has 3 aromatic rings. The monoisotopic (exact) mass is 337 g/mol. The van der Waals surface area contributed by atoms with Gasteiger partial charge in [0, 0.05) is 18.3 Å². The Balaban J connectivity index is 1.49. The van der Waals surface area contributed by atoms with Gasteiger partial charge < -0.3 is 10.1 Å². The quantitative estimate of drug-likeness (QED) is 0.717. The van der Waals surface area contributed by atoms with Gasteiger partial charge in [-0.25, -0.2) is 14.6 Å². The van der Waals surface area contributed by atoms with Gasteiger partial charge in [-0.2, -0.15) is 5.10 Å². The summed E-state index contributed by atoms with van der Waals surface area (Å²) in [6, 6.07) is 11.3. The first-order chi connectivity index (χ1) is 12.2. The first-order valence-corrected chi connectivity index (χ1v) is 8.03. The first kappa shape index (κ1) is 16.6. The average molecular weight is 337 g/mol. The molecule has 0 aliphatic carbocycles. The molecule has 7 nitrogen and oxygen atoms in total. The number of benzene rings is 1. The number of amides is 1. The molecule has 0 radical (unpaired) electrons. The molecule has 2 aromatic heterocycles. The maximum Gasteiger partial charge on any atom is 0.250 e. The van der Waals surface area contributed by atoms with Crippen LogP contribution in [0.2, 0.25) is 0 Å². The maximum absolute atomic E-state index is 12.3. The van der Waals surface area contributed by atoms with Crippen molar-refractivity contribution in [2.45, 2.75) is 13.3 Å². The Morgan fingerprint density at radius 2 is 1.96 bits per heavy atom. The van der Waals surface area contributed by atoms with E-state index in [0.29, 0.717) is 24.7 Å². The van der Waals surface area contributed by atoms with E-state index in [9.17, 15) is 4.79 Å². The number of ether oxygens (including phenoxy) is 1. The van der Waals surface area contributed by atoms with Gasteiger partial charge >= 0.3 is 0 Å². The minimum absolute atomic E-state index is 0.0785. The van der Waals surface area contributed by atoms with Gasteiger partial charge in [0.25, 0.3) is 0 Å². The predicted molar refractivity (Wildman–Crippen MR) is 93.5 cm³/mol. The summed E-state index contributed by atoms with van der Waals surface area (Å²) in [7, 11) is 0. The summed E-state index contributed by atoms with van der Waals surface area (Å²) in [6.07, 6.45) is 7.15. The van der Waals surface area contributed by atoms with E-state index in [-0.39, 0.29) is 11.8 Å². The molecule has 0 aliphatic rings. The molecular formula is C18H19N5O2. The Morgan fingerprint density at radius 1 is 1.20 bits per heavy atom. The fourth-order valence-corrected chi connectivity index (χ4v) is 2.17. The fraction of sp³-hybridized carbons (Fsp3) is 0.222. The molecule has 3 rings (SSSR count). The van der Waals surface area contributed by atoms with E-state index in [0.717, 1.165) is 5.75 Å². The van der Waals surface area contributed by atoms with Gasteiger partial charge in [0.15, 0.2) is 0 Å². The molecule has 1 N–H and O–H groups in total. The molecule has 1 amide bonds. The molecule has 1 atom stereocenters. The summed E-state index contributed by atoms with van der Waals surface area (Å²) in [5.41, 5.74) is 0.605. The SMILES string of the molecule is C[C@@H](CCOc1ccccc1)C(=O)Nc1cnn(-c2ncccn2)c1. The largest absolute Gasteiger partial charge is 0.494 e. The van der Waals surface area contributed by atoms with E-state index >= 15 is 0 Å². The van der Waals surface area contributed by atoms with E-state index in [1.54, 1.807) is 30.9 Å². The Morgan fingerprint density at radius 3 is 2.72 bits per heavy atom. The van der Waals surface area contributed by atoms with Crippen LogP contribution < -0.4 is 10.1 Å². The molecule has 1 aromatic carbocycles. The average Bonchev–Trinajstić information content (AvgIpc) is 3.12. The molecule has 0 fully saturated rings. The standard InChI is InChI=1S/C18H19N5O2/c1-14(8-11-25-16-6-3-2-4-7-16)17(24)22-15-12-21-23(13-15)18-19-9-5-10-20-18/h2-7,9-10,12-14H,8,11H2,1H3,(H,22,24)/t14-/m0/s1. The van der Waals surface area contributed by atoms with Gasteiger partial charge in [-0.15, -0.1) is 0 Å². The minimum Gasteiger partial charge on any atom is -0.494 e. The molecule has 0 saturated carbocycles. The van der Waals surface area contributed by atoms with E-state index in [1.165, 1.54) is 4.68 Å². The lowest BCUT2D eigenvalue weighted by Crippen LogP contribution is -2.22. The van der Waals surface area contributed by atoms with E-state index in [1.807, 2.05) is 37.3 Å². The van der Waals surface area contributed by atoms with Crippen LogP contribution in [0.25, 0.3) is 5.95 Å². The summed E-state index contributed by atoms with van der Waals surface area (Å²) in [6.45, 7) is 2.35. The number of aromatic nitrogens is 4. The lowest BCUT2D eigenvalue weighted by Gasteiger charge is -2.12. The van der Waals surface area contributed by atoms with Crippen molar-refractivity contribution in [2.24, 2.45) is 5.92 Å². The fourth-order valence-electron chi connectivity index (χ4n) is 2.17. The van der Waals surface area contributed by atoms with Crippen LogP contribution in [0.1, 0.15) is 13.3 Å². The van der Waals surface area contributed by atoms with Gasteiger partial charge in [-0.1, -0.05) is 25.1 Å². The second-order valence-electron chi connectivity index (χ2n) is 5.56. The number of carbonyl (C=O) groups excluding carboxylic acids is 1. The highest BCUT2D eigenvalue weighted by atomic mass is 16.5. The van der Waals surface area contributed by atoms with Crippen LogP contribution in [-0.4, -0.2) is 32.3 Å². The number of nitrogens with one attached hydrogen (secondary N) is 1. The van der Waals surface area contributed by atoms with Crippen molar-refractivity contribution in [1.82, 2.24) is 19.7 Å². The van der Waals surface area contributed by atoms with Crippen LogP contribution in [0.5, 0.6) is 5.75 Å². The summed E-state index contributed by atoms with van der Waals surface area (Å²) < 4.78 is 7.14. The van der Waals surface area contributed by atoms with E-state index in [4.69, 9.17) is 4.74 Å². The molecule has 7 heteroatoms. The molecule has 25 heavy (non-hydrogen) atoms. The Labute approximate surface area is 145 Å². The first-order valence-electron chi connectivity index (χ1n) is 8.03. The third-order valence-corrected chi connectivity index (χ3v) is 3.62. The van der Waals surface area contributed by atoms with Crippen LogP contribution in [0.3, 0.4) is 0 Å². The van der Waals surface area contributed by atoms with Crippen LogP contribution in [0.4, 0.5) is 5.69 Å². The molecule has 128 valence electrons. The van der Waals surface area contributed by atoms with Crippen molar-refractivity contribution in [1.29, 1.82) is 0 Å². The Kier molecular flexibility index (Phi) is 5.36. The number of hydrogen-bond acceptors (Lipinski definition) is 5. The molecule has 2 heterocycles. The summed E-state index contributed by atoms with van der Waals surface area (Å²) >= 11 is 0. The zero-order valence-electron chi connectivity index (χ0n) is 13.9. The van der Waals surface area contributed by atoms with Crippen molar-refractivity contribution in [3.8, 4) is 11.7 Å². The molecule has 0 spiro atoms. The lowest BCUT2D eigenvalue weighted by atomic mass is 10.1. The van der Waals surface area contributed by atoms with E-state index in [2.05, 4.69) is 20.4 Å². The zero-order chi connectivity index (χ0) is 17.5. The molecule has 0 unspecified atom stereocenters. The number of rotatable bonds is 7. The van der Waals surface area contributed by atoms with Crippen molar-refractivity contribution >= 4 is 11.6 Å². The van der Waals surface area contributed by atoms with Crippen LogP contribution in [0.15, 0.2) is 61.2 Å². The molecule has 0 aliphatic heterocycles. The van der Waals surface area contributed by atoms with Crippen LogP contribution >= 0.6 is 0 Å². The summed E-state index contributed by atoms with van der Waals surface area (Å²) in [5.74, 6) is 0.997. The number of anilines is 1. The lowest BCUT2D eigenvalue weighted by molar-refractivity contribution is -0.119. The Bertz CT molecular complexity index is 805. The van der Waals surface area contributed by atoms with E-state index < -0.39 is 0 Å². The smallest absolute Gasteiger partial charge is 0.250 e. The summed E-state index contributed by atoms with van der Waals surface area (Å²) in [4.78, 5) is 20.5. The molecule has 0 saturated heterocycles. The number of para-hydroxylation sites is 1. The zero-order valence-corrected chi connectivity index (χ0v) is 13.9. The normalized spacial score (nSPS) is 11.7. The number of nitrogens with zero attached hydrogens (tertiary/aromatic N) is 4. The van der Waals surface area contributed by atoms with Gasteiger partial charge in [-0.05, 0) is 24.6 Å². The van der Waals surface area contributed by atoms with Crippen molar-refractivity contribution < 1.29 is 9.53 Å². The van der Waals surface area contributed by atoms with Gasteiger partial charge in [-0.3, -0.25) is 4.79 Å². The van der Waals surface area contributed by atoms with Crippen LogP contribution in [0, 0.1) is 5.92 Å². The highest BCUT2D eigenvalue weighted by Gasteiger charge is 2.14. The Hall–Kier alpha value is -3.22. The molecular weight excluding hydrogens is 318 g/mol. The number of hydrogen-bond donors (Lipinski definition) is 1. The van der Waals surface area contributed by atoms with Gasteiger partial charge in [0.05, 0.1) is 24.7 Å². The highest BCUT2D eigenvalue weighted by Crippen LogP contribution is 2.13. The highest BCUT2D eigenvalue weighted by molar-refractivity contribution is 5.92. The third kappa shape index (κ3) is 4.63. The molecule has 0 bridgehead atoms. The second-order valence-corrected chi connectivity index (χ2v) is 5.56. The second kappa shape index (κ2) is 8.05. The minimum atomic E-state index is -0.181. The van der Waals surface area contributed by atoms with Crippen molar-refractivity contribution in [2.75, 3.05) is 11.9 Å². The van der Waals surface area contributed by atoms with Crippen molar-refractivity contribution in [3.05, 3.63) is 61.2 Å². The van der Waals surface area contributed by atoms with Crippen molar-refractivity contribution in [3.63, 3.8) is 0 Å². The van der Waals surface area contributed by atoms with Gasteiger partial charge in [0.2, 0.25) is 11.9 Å². The topological polar surface area (TPSA) is 81.9 Å². The summed E-state index contributed by atoms with van der Waals surface area (Å²) in [5, 5.41) is 7.00. The third-order valence-electron chi connectivity index (χ3n) is 3.62. The van der Waals surface area contributed by atoms with Crippen LogP contribution in [-0.2, 0) is 4.79 Å². The predicted octanol–water partition coefficient (Wildman–Crippen LogP) is 2.71. The van der Waals surface area contributed by atoms with Gasteiger partial charge in [0.1, 0.15) is 5.75 Å².